The van der Waals surface area contributed by atoms with Gasteiger partial charge in [-0.1, -0.05) is 11.6 Å². The molecule has 0 bridgehead atoms. The van der Waals surface area contributed by atoms with Crippen LogP contribution in [0.3, 0.4) is 0 Å². The third-order valence-corrected chi connectivity index (χ3v) is 6.62. The van der Waals surface area contributed by atoms with Gasteiger partial charge < -0.3 is 24.8 Å². The first-order valence-corrected chi connectivity index (χ1v) is 10.9. The number of piperazine rings is 1. The smallest absolute Gasteiger partial charge is 0.227 e. The molecule has 4 rings (SSSR count). The number of carbonyl (C=O) groups excluding carboxylic acids is 1. The van der Waals surface area contributed by atoms with Crippen LogP contribution in [0.2, 0.25) is 5.02 Å². The average Bonchev–Trinajstić information content (AvgIpc) is 3.11. The number of hydrogen-bond acceptors (Lipinski definition) is 7. The third kappa shape index (κ3) is 4.63. The Labute approximate surface area is 187 Å². The molecule has 2 saturated heterocycles. The first-order chi connectivity index (χ1) is 14.9. The van der Waals surface area contributed by atoms with Crippen LogP contribution in [0.5, 0.6) is 0 Å². The van der Waals surface area contributed by atoms with Crippen molar-refractivity contribution in [3.63, 3.8) is 0 Å². The van der Waals surface area contributed by atoms with E-state index in [1.54, 1.807) is 13.3 Å². The van der Waals surface area contributed by atoms with E-state index in [2.05, 4.69) is 33.1 Å². The highest BCUT2D eigenvalue weighted by Crippen LogP contribution is 2.34. The zero-order valence-electron chi connectivity index (χ0n) is 17.9. The van der Waals surface area contributed by atoms with Crippen LogP contribution in [0, 0.1) is 0 Å². The molecule has 0 saturated carbocycles. The topological polar surface area (TPSA) is 87.2 Å². The van der Waals surface area contributed by atoms with E-state index >= 15 is 0 Å². The van der Waals surface area contributed by atoms with E-state index in [0.717, 1.165) is 42.6 Å². The van der Waals surface area contributed by atoms with Gasteiger partial charge in [-0.2, -0.15) is 0 Å². The Morgan fingerprint density at radius 2 is 2.10 bits per heavy atom. The summed E-state index contributed by atoms with van der Waals surface area (Å²) < 4.78 is 10.4. The van der Waals surface area contributed by atoms with Gasteiger partial charge in [0.15, 0.2) is 0 Å². The third-order valence-electron chi connectivity index (χ3n) is 6.32. The minimum absolute atomic E-state index is 0.134. The number of ether oxygens (including phenoxy) is 2. The summed E-state index contributed by atoms with van der Waals surface area (Å²) >= 11 is 6.61. The second-order valence-electron chi connectivity index (χ2n) is 8.37. The molecule has 3 heterocycles. The lowest BCUT2D eigenvalue weighted by Gasteiger charge is -2.45. The maximum atomic E-state index is 12.0. The molecule has 1 aromatic heterocycles. The Hall–Kier alpha value is -1.97. The number of aliphatic hydroxyl groups is 1. The lowest BCUT2D eigenvalue weighted by atomic mass is 9.95. The van der Waals surface area contributed by atoms with Gasteiger partial charge in [0.25, 0.3) is 0 Å². The Kier molecular flexibility index (Phi) is 6.64. The molecule has 0 radical (unpaired) electrons. The number of carbonyl (C=O) groups is 1. The van der Waals surface area contributed by atoms with Gasteiger partial charge in [0.2, 0.25) is 5.91 Å². The van der Waals surface area contributed by atoms with Gasteiger partial charge in [0, 0.05) is 44.9 Å². The molecule has 0 spiro atoms. The van der Waals surface area contributed by atoms with E-state index in [-0.39, 0.29) is 17.9 Å². The van der Waals surface area contributed by atoms with E-state index in [1.165, 1.54) is 0 Å². The van der Waals surface area contributed by atoms with Crippen molar-refractivity contribution in [2.45, 2.75) is 25.0 Å². The summed E-state index contributed by atoms with van der Waals surface area (Å²) in [5.74, 6) is 0.375. The first-order valence-electron chi connectivity index (χ1n) is 10.5. The number of aliphatic hydroxyl groups excluding tert-OH is 1. The monoisotopic (exact) mass is 448 g/mol. The van der Waals surface area contributed by atoms with E-state index in [0.29, 0.717) is 30.7 Å². The molecule has 2 aliphatic heterocycles. The van der Waals surface area contributed by atoms with Crippen molar-refractivity contribution in [3.8, 4) is 0 Å². The van der Waals surface area contributed by atoms with E-state index in [9.17, 15) is 9.90 Å². The quantitative estimate of drug-likeness (QED) is 0.700. The summed E-state index contributed by atoms with van der Waals surface area (Å²) in [6, 6.07) is 5.83. The molecule has 8 nitrogen and oxygen atoms in total. The standard InChI is InChI=1S/C22H29ClN4O4/c1-22(14-31-13-19(22)28)27-6-4-26(5-7-27)18-10-15-11-20(25-21(29)3-8-30-2)24-12-16(15)9-17(18)23/h9-12,19,28H,3-8,13-14H2,1-2H3,(H,24,25,29)/t19-,22+/m1/s1. The number of methoxy groups -OCH3 is 1. The zero-order valence-corrected chi connectivity index (χ0v) is 18.7. The summed E-state index contributed by atoms with van der Waals surface area (Å²) in [6.07, 6.45) is 1.54. The fourth-order valence-electron chi connectivity index (χ4n) is 4.28. The molecule has 1 aromatic carbocycles. The van der Waals surface area contributed by atoms with Gasteiger partial charge >= 0.3 is 0 Å². The molecule has 0 unspecified atom stereocenters. The molecule has 2 aliphatic rings. The van der Waals surface area contributed by atoms with Crippen LogP contribution in [-0.4, -0.2) is 85.6 Å². The second-order valence-corrected chi connectivity index (χ2v) is 8.78. The molecule has 0 aliphatic carbocycles. The molecule has 2 atom stereocenters. The second kappa shape index (κ2) is 9.26. The summed E-state index contributed by atoms with van der Waals surface area (Å²) in [5, 5.41) is 15.7. The average molecular weight is 449 g/mol. The van der Waals surface area contributed by atoms with Crippen LogP contribution >= 0.6 is 11.6 Å². The van der Waals surface area contributed by atoms with Crippen molar-refractivity contribution in [3.05, 3.63) is 29.4 Å². The fourth-order valence-corrected chi connectivity index (χ4v) is 4.57. The Morgan fingerprint density at radius 1 is 1.32 bits per heavy atom. The van der Waals surface area contributed by atoms with Gasteiger partial charge in [-0.3, -0.25) is 9.69 Å². The predicted molar refractivity (Wildman–Crippen MR) is 121 cm³/mol. The lowest BCUT2D eigenvalue weighted by Crippen LogP contribution is -2.60. The molecule has 2 aromatic rings. The number of nitrogens with one attached hydrogen (secondary N) is 1. The van der Waals surface area contributed by atoms with Gasteiger partial charge in [0.05, 0.1) is 48.6 Å². The van der Waals surface area contributed by atoms with Crippen LogP contribution in [-0.2, 0) is 14.3 Å². The normalized spacial score (nSPS) is 24.6. The van der Waals surface area contributed by atoms with Gasteiger partial charge in [-0.25, -0.2) is 4.98 Å². The highest BCUT2D eigenvalue weighted by molar-refractivity contribution is 6.34. The van der Waals surface area contributed by atoms with Crippen LogP contribution in [0.4, 0.5) is 11.5 Å². The number of rotatable bonds is 6. The number of benzene rings is 1. The summed E-state index contributed by atoms with van der Waals surface area (Å²) in [4.78, 5) is 20.9. The Bertz CT molecular complexity index is 950. The van der Waals surface area contributed by atoms with Crippen LogP contribution < -0.4 is 10.2 Å². The molecule has 1 amide bonds. The summed E-state index contributed by atoms with van der Waals surface area (Å²) in [6.45, 7) is 6.64. The van der Waals surface area contributed by atoms with Crippen LogP contribution in [0.25, 0.3) is 10.8 Å². The zero-order chi connectivity index (χ0) is 22.0. The number of aromatic nitrogens is 1. The van der Waals surface area contributed by atoms with Crippen molar-refractivity contribution in [1.29, 1.82) is 0 Å². The van der Waals surface area contributed by atoms with Crippen molar-refractivity contribution < 1.29 is 19.4 Å². The van der Waals surface area contributed by atoms with Crippen LogP contribution in [0.1, 0.15) is 13.3 Å². The molecule has 2 fully saturated rings. The summed E-state index contributed by atoms with van der Waals surface area (Å²) in [5.41, 5.74) is 0.631. The molecule has 31 heavy (non-hydrogen) atoms. The van der Waals surface area contributed by atoms with E-state index < -0.39 is 6.10 Å². The van der Waals surface area contributed by atoms with Crippen molar-refractivity contribution in [1.82, 2.24) is 9.88 Å². The van der Waals surface area contributed by atoms with Gasteiger partial charge in [-0.15, -0.1) is 0 Å². The van der Waals surface area contributed by atoms with Crippen molar-refractivity contribution in [2.24, 2.45) is 0 Å². The minimum Gasteiger partial charge on any atom is -0.389 e. The first kappa shape index (κ1) is 22.2. The number of halogens is 1. The van der Waals surface area contributed by atoms with E-state index in [4.69, 9.17) is 21.1 Å². The highest BCUT2D eigenvalue weighted by Gasteiger charge is 2.44. The molecular formula is C22H29ClN4O4. The number of fused-ring (bicyclic) bond motifs is 1. The van der Waals surface area contributed by atoms with Gasteiger partial charge in [0.1, 0.15) is 5.82 Å². The van der Waals surface area contributed by atoms with E-state index in [1.807, 2.05) is 12.1 Å². The summed E-state index contributed by atoms with van der Waals surface area (Å²) in [7, 11) is 1.57. The maximum Gasteiger partial charge on any atom is 0.227 e. The molecular weight excluding hydrogens is 420 g/mol. The predicted octanol–water partition coefficient (Wildman–Crippen LogP) is 2.13. The number of anilines is 2. The number of hydrogen-bond donors (Lipinski definition) is 2. The fraction of sp³-hybridized carbons (Fsp3) is 0.545. The largest absolute Gasteiger partial charge is 0.389 e. The maximum absolute atomic E-state index is 12.0. The SMILES string of the molecule is COCCC(=O)Nc1cc2cc(N3CCN([C@@]4(C)COC[C@H]4O)CC3)c(Cl)cc2cn1. The Balaban J connectivity index is 1.48. The highest BCUT2D eigenvalue weighted by atomic mass is 35.5. The minimum atomic E-state index is -0.465. The Morgan fingerprint density at radius 3 is 2.77 bits per heavy atom. The van der Waals surface area contributed by atoms with Crippen LogP contribution in [0.15, 0.2) is 24.4 Å². The molecule has 2 N–H and O–H groups in total. The number of nitrogens with zero attached hydrogens (tertiary/aromatic N) is 3. The molecule has 9 heteroatoms. The van der Waals surface area contributed by atoms with Gasteiger partial charge in [-0.05, 0) is 30.5 Å². The number of pyridine rings is 1. The molecule has 168 valence electrons. The van der Waals surface area contributed by atoms with Crippen molar-refractivity contribution >= 4 is 39.8 Å². The lowest BCUT2D eigenvalue weighted by molar-refractivity contribution is -0.117. The van der Waals surface area contributed by atoms with Crippen molar-refractivity contribution in [2.75, 3.05) is 63.3 Å². The number of amides is 1.